The molecular weight excluding hydrogens is 487 g/mol. The molecule has 4 heteroatoms. The summed E-state index contributed by atoms with van der Waals surface area (Å²) in [6.07, 6.45) is 0. The van der Waals surface area contributed by atoms with Gasteiger partial charge < -0.3 is 0 Å². The van der Waals surface area contributed by atoms with E-state index in [1.807, 2.05) is 0 Å². The highest BCUT2D eigenvalue weighted by Gasteiger charge is 2.47. The standard InChI is InChI=1S/C22H17Br2PS/c23-21-19(16-10-4-1-5-11-16)20(17-12-6-2-7-13-17)22(24)25(21,26)18-14-8-3-9-15-18/h1-15,21-22H/t21-,22-/m1/s1. The Morgan fingerprint density at radius 3 is 1.31 bits per heavy atom. The minimum Gasteiger partial charge on any atom is -0.0896 e. The Morgan fingerprint density at radius 1 is 0.577 bits per heavy atom. The Labute approximate surface area is 176 Å². The second kappa shape index (κ2) is 7.56. The van der Waals surface area contributed by atoms with E-state index in [0.29, 0.717) is 0 Å². The van der Waals surface area contributed by atoms with Crippen LogP contribution < -0.4 is 5.30 Å². The summed E-state index contributed by atoms with van der Waals surface area (Å²) in [5.41, 5.74) is 5.09. The first-order chi connectivity index (χ1) is 12.6. The molecule has 0 aliphatic carbocycles. The summed E-state index contributed by atoms with van der Waals surface area (Å²) in [4.78, 5) is 0. The van der Waals surface area contributed by atoms with Gasteiger partial charge in [0.25, 0.3) is 0 Å². The molecule has 0 N–H and O–H groups in total. The highest BCUT2D eigenvalue weighted by molar-refractivity contribution is 9.13. The van der Waals surface area contributed by atoms with Crippen molar-refractivity contribution in [3.05, 3.63) is 102 Å². The lowest BCUT2D eigenvalue weighted by molar-refractivity contribution is 1.53. The van der Waals surface area contributed by atoms with E-state index in [1.165, 1.54) is 27.6 Å². The monoisotopic (exact) mass is 502 g/mol. The topological polar surface area (TPSA) is 0 Å². The molecule has 3 aromatic carbocycles. The van der Waals surface area contributed by atoms with Crippen molar-refractivity contribution in [3.8, 4) is 0 Å². The van der Waals surface area contributed by atoms with Crippen LogP contribution in [0.4, 0.5) is 0 Å². The molecule has 0 amide bonds. The van der Waals surface area contributed by atoms with E-state index in [9.17, 15) is 0 Å². The van der Waals surface area contributed by atoms with E-state index in [0.717, 1.165) is 0 Å². The Kier molecular flexibility index (Phi) is 5.34. The second-order valence-electron chi connectivity index (χ2n) is 6.28. The van der Waals surface area contributed by atoms with E-state index < -0.39 is 6.04 Å². The van der Waals surface area contributed by atoms with Crippen LogP contribution in [-0.4, -0.2) is 9.14 Å². The first-order valence-electron chi connectivity index (χ1n) is 8.42. The number of halogens is 2. The van der Waals surface area contributed by atoms with Gasteiger partial charge >= 0.3 is 0 Å². The summed E-state index contributed by atoms with van der Waals surface area (Å²) in [5.74, 6) is 0. The van der Waals surface area contributed by atoms with Gasteiger partial charge in [-0.1, -0.05) is 135 Å². The first kappa shape index (κ1) is 18.4. The highest BCUT2D eigenvalue weighted by atomic mass is 79.9. The zero-order chi connectivity index (χ0) is 18.1. The lowest BCUT2D eigenvalue weighted by Gasteiger charge is -2.26. The van der Waals surface area contributed by atoms with Gasteiger partial charge in [-0.2, -0.15) is 0 Å². The van der Waals surface area contributed by atoms with Gasteiger partial charge in [-0.15, -0.1) is 0 Å². The maximum atomic E-state index is 6.41. The van der Waals surface area contributed by atoms with Crippen LogP contribution in [0.15, 0.2) is 91.0 Å². The largest absolute Gasteiger partial charge is 0.0896 e. The van der Waals surface area contributed by atoms with Crippen molar-refractivity contribution in [2.75, 3.05) is 0 Å². The second-order valence-corrected chi connectivity index (χ2v) is 14.3. The quantitative estimate of drug-likeness (QED) is 0.278. The average molecular weight is 504 g/mol. The maximum Gasteiger partial charge on any atom is 0.0745 e. The van der Waals surface area contributed by atoms with E-state index >= 15 is 0 Å². The van der Waals surface area contributed by atoms with Gasteiger partial charge in [0.05, 0.1) is 9.14 Å². The molecule has 0 aromatic heterocycles. The number of benzene rings is 3. The van der Waals surface area contributed by atoms with Crippen molar-refractivity contribution >= 4 is 66.2 Å². The van der Waals surface area contributed by atoms with Crippen LogP contribution in [0.3, 0.4) is 0 Å². The molecule has 0 fully saturated rings. The summed E-state index contributed by atoms with van der Waals surface area (Å²) >= 11 is 14.5. The molecule has 0 radical (unpaired) electrons. The number of hydrogen-bond acceptors (Lipinski definition) is 1. The van der Waals surface area contributed by atoms with Gasteiger partial charge in [0.2, 0.25) is 0 Å². The number of allylic oxidation sites excluding steroid dienone is 2. The van der Waals surface area contributed by atoms with E-state index in [-0.39, 0.29) is 9.14 Å². The zero-order valence-electron chi connectivity index (χ0n) is 13.9. The van der Waals surface area contributed by atoms with Crippen LogP contribution in [0.2, 0.25) is 0 Å². The van der Waals surface area contributed by atoms with Crippen molar-refractivity contribution in [2.24, 2.45) is 0 Å². The van der Waals surface area contributed by atoms with Gasteiger partial charge in [-0.05, 0) is 27.6 Å². The molecule has 0 spiro atoms. The van der Waals surface area contributed by atoms with Crippen LogP contribution >= 0.6 is 37.9 Å². The van der Waals surface area contributed by atoms with Gasteiger partial charge in [-0.25, -0.2) is 0 Å². The lowest BCUT2D eigenvalue weighted by atomic mass is 9.97. The van der Waals surface area contributed by atoms with Crippen molar-refractivity contribution < 1.29 is 0 Å². The highest BCUT2D eigenvalue weighted by Crippen LogP contribution is 2.72. The summed E-state index contributed by atoms with van der Waals surface area (Å²) in [6.45, 7) is 0. The Hall–Kier alpha value is -0.990. The van der Waals surface area contributed by atoms with E-state index in [1.54, 1.807) is 0 Å². The molecule has 0 unspecified atom stereocenters. The van der Waals surface area contributed by atoms with Gasteiger partial charge in [0.15, 0.2) is 0 Å². The van der Waals surface area contributed by atoms with Gasteiger partial charge in [0, 0.05) is 6.04 Å². The molecule has 0 bridgehead atoms. The molecule has 0 saturated carbocycles. The number of hydrogen-bond donors (Lipinski definition) is 0. The lowest BCUT2D eigenvalue weighted by Crippen LogP contribution is -2.14. The third-order valence-corrected chi connectivity index (χ3v) is 16.1. The minimum atomic E-state index is -1.96. The third-order valence-electron chi connectivity index (χ3n) is 4.77. The molecule has 26 heavy (non-hydrogen) atoms. The summed E-state index contributed by atoms with van der Waals surface area (Å²) in [5, 5.41) is 1.26. The van der Waals surface area contributed by atoms with Crippen LogP contribution in [-0.2, 0) is 11.8 Å². The molecule has 2 atom stereocenters. The average Bonchev–Trinajstić information content (AvgIpc) is 2.92. The third kappa shape index (κ3) is 2.99. The fraction of sp³-hybridized carbons (Fsp3) is 0.0909. The molecular formula is C22H17Br2PS. The van der Waals surface area contributed by atoms with Crippen molar-refractivity contribution in [2.45, 2.75) is 9.14 Å². The fourth-order valence-corrected chi connectivity index (χ4v) is 12.0. The summed E-state index contributed by atoms with van der Waals surface area (Å²) < 4.78 is 0.267. The number of alkyl halides is 2. The predicted octanol–water partition coefficient (Wildman–Crippen LogP) is 6.86. The summed E-state index contributed by atoms with van der Waals surface area (Å²) in [7, 11) is 0. The molecule has 4 rings (SSSR count). The molecule has 1 aliphatic rings. The van der Waals surface area contributed by atoms with Crippen LogP contribution in [0, 0.1) is 0 Å². The molecule has 1 aliphatic heterocycles. The Morgan fingerprint density at radius 2 is 0.923 bits per heavy atom. The molecule has 0 nitrogen and oxygen atoms in total. The van der Waals surface area contributed by atoms with Crippen molar-refractivity contribution in [1.82, 2.24) is 0 Å². The predicted molar refractivity (Wildman–Crippen MR) is 125 cm³/mol. The van der Waals surface area contributed by atoms with Crippen molar-refractivity contribution in [3.63, 3.8) is 0 Å². The van der Waals surface area contributed by atoms with Gasteiger partial charge in [-0.3, -0.25) is 0 Å². The van der Waals surface area contributed by atoms with Crippen LogP contribution in [0.1, 0.15) is 11.1 Å². The molecule has 130 valence electrons. The smallest absolute Gasteiger partial charge is 0.0745 e. The SMILES string of the molecule is S=P1(c2ccccc2)[C@@H](Br)C(c2ccccc2)=C(c2ccccc2)[C@@H]1Br. The summed E-state index contributed by atoms with van der Waals surface area (Å²) in [6, 6.07) is 29.9. The minimum absolute atomic E-state index is 0.134. The Bertz CT molecular complexity index is 925. The normalized spacial score (nSPS) is 21.8. The van der Waals surface area contributed by atoms with E-state index in [4.69, 9.17) is 11.8 Å². The van der Waals surface area contributed by atoms with Crippen LogP contribution in [0.25, 0.3) is 11.1 Å². The molecule has 0 saturated heterocycles. The van der Waals surface area contributed by atoms with Gasteiger partial charge in [0.1, 0.15) is 0 Å². The zero-order valence-corrected chi connectivity index (χ0v) is 18.8. The maximum absolute atomic E-state index is 6.41. The first-order valence-corrected chi connectivity index (χ1v) is 13.2. The van der Waals surface area contributed by atoms with E-state index in [2.05, 4.69) is 123 Å². The number of rotatable bonds is 3. The van der Waals surface area contributed by atoms with Crippen LogP contribution in [0.5, 0.6) is 0 Å². The molecule has 1 heterocycles. The fourth-order valence-electron chi connectivity index (χ4n) is 3.50. The van der Waals surface area contributed by atoms with Crippen molar-refractivity contribution in [1.29, 1.82) is 0 Å². The Balaban J connectivity index is 1.97. The molecule has 3 aromatic rings.